The van der Waals surface area contributed by atoms with E-state index >= 15 is 0 Å². The van der Waals surface area contributed by atoms with Gasteiger partial charge in [0.2, 0.25) is 0 Å². The first-order valence-electron chi connectivity index (χ1n) is 6.53. The quantitative estimate of drug-likeness (QED) is 0.836. The van der Waals surface area contributed by atoms with Gasteiger partial charge in [-0.15, -0.1) is 0 Å². The van der Waals surface area contributed by atoms with Crippen LogP contribution in [-0.2, 0) is 6.42 Å². The zero-order valence-electron chi connectivity index (χ0n) is 11.8. The van der Waals surface area contributed by atoms with Crippen molar-refractivity contribution in [2.24, 2.45) is 0 Å². The second-order valence-electron chi connectivity index (χ2n) is 4.85. The van der Waals surface area contributed by atoms with Gasteiger partial charge in [-0.1, -0.05) is 12.1 Å². The summed E-state index contributed by atoms with van der Waals surface area (Å²) >= 11 is 0. The van der Waals surface area contributed by atoms with Gasteiger partial charge in [-0.25, -0.2) is 13.2 Å². The summed E-state index contributed by atoms with van der Waals surface area (Å²) in [6.07, 6.45) is 0.585. The topological polar surface area (TPSA) is 21.3 Å². The van der Waals surface area contributed by atoms with Crippen LogP contribution in [0.1, 0.15) is 12.5 Å². The molecule has 1 atom stereocenters. The molecule has 0 aliphatic rings. The monoisotopic (exact) mass is 295 g/mol. The van der Waals surface area contributed by atoms with Gasteiger partial charge in [-0.2, -0.15) is 0 Å². The van der Waals surface area contributed by atoms with Crippen molar-refractivity contribution in [3.63, 3.8) is 0 Å². The molecule has 2 nitrogen and oxygen atoms in total. The fourth-order valence-corrected chi connectivity index (χ4v) is 2.09. The van der Waals surface area contributed by atoms with Crippen LogP contribution >= 0.6 is 0 Å². The van der Waals surface area contributed by atoms with Crippen molar-refractivity contribution < 1.29 is 17.9 Å². The lowest BCUT2D eigenvalue weighted by Gasteiger charge is -2.16. The van der Waals surface area contributed by atoms with Crippen molar-refractivity contribution >= 4 is 5.69 Å². The minimum absolute atomic E-state index is 0.173. The van der Waals surface area contributed by atoms with E-state index in [1.54, 1.807) is 7.11 Å². The molecule has 1 N–H and O–H groups in total. The second kappa shape index (κ2) is 6.52. The molecule has 112 valence electrons. The van der Waals surface area contributed by atoms with Gasteiger partial charge in [0, 0.05) is 18.2 Å². The fourth-order valence-electron chi connectivity index (χ4n) is 2.09. The van der Waals surface area contributed by atoms with E-state index in [4.69, 9.17) is 4.74 Å². The molecule has 0 spiro atoms. The predicted octanol–water partition coefficient (Wildman–Crippen LogP) is 4.16. The highest BCUT2D eigenvalue weighted by Gasteiger charge is 2.13. The molecule has 2 rings (SSSR count). The second-order valence-corrected chi connectivity index (χ2v) is 4.85. The Bertz CT molecular complexity index is 614. The molecule has 2 aromatic carbocycles. The van der Waals surface area contributed by atoms with Crippen LogP contribution in [0, 0.1) is 17.5 Å². The molecule has 5 heteroatoms. The highest BCUT2D eigenvalue weighted by atomic mass is 19.2. The van der Waals surface area contributed by atoms with Crippen LogP contribution < -0.4 is 10.1 Å². The standard InChI is InChI=1S/C16H16F3NO/c1-10(7-11-3-5-13(21-2)6-4-11)20-15-9-12(17)8-14(18)16(15)19/h3-6,8-10,20H,7H2,1-2H3. The molecular formula is C16H16F3NO. The molecule has 0 saturated heterocycles. The van der Waals surface area contributed by atoms with Crippen LogP contribution in [0.4, 0.5) is 18.9 Å². The number of hydrogen-bond acceptors (Lipinski definition) is 2. The van der Waals surface area contributed by atoms with Gasteiger partial charge in [0.05, 0.1) is 12.8 Å². The van der Waals surface area contributed by atoms with Crippen LogP contribution in [0.5, 0.6) is 5.75 Å². The highest BCUT2D eigenvalue weighted by molar-refractivity contribution is 5.46. The number of nitrogens with one attached hydrogen (secondary N) is 1. The first kappa shape index (κ1) is 15.2. The normalized spacial score (nSPS) is 12.0. The molecule has 0 fully saturated rings. The molecule has 0 aliphatic heterocycles. The van der Waals surface area contributed by atoms with Crippen LogP contribution in [0.15, 0.2) is 36.4 Å². The minimum atomic E-state index is -1.20. The van der Waals surface area contributed by atoms with Gasteiger partial charge >= 0.3 is 0 Å². The Kier molecular flexibility index (Phi) is 4.73. The van der Waals surface area contributed by atoms with Gasteiger partial charge in [-0.05, 0) is 31.0 Å². The summed E-state index contributed by atoms with van der Waals surface area (Å²) in [7, 11) is 1.58. The van der Waals surface area contributed by atoms with Gasteiger partial charge < -0.3 is 10.1 Å². The van der Waals surface area contributed by atoms with E-state index in [0.717, 1.165) is 17.4 Å². The lowest BCUT2D eigenvalue weighted by Crippen LogP contribution is -2.19. The van der Waals surface area contributed by atoms with Crippen LogP contribution in [0.25, 0.3) is 0 Å². The highest BCUT2D eigenvalue weighted by Crippen LogP contribution is 2.21. The third-order valence-corrected chi connectivity index (χ3v) is 3.10. The van der Waals surface area contributed by atoms with Crippen molar-refractivity contribution in [2.75, 3.05) is 12.4 Å². The summed E-state index contributed by atoms with van der Waals surface area (Å²) < 4.78 is 44.9. The van der Waals surface area contributed by atoms with E-state index in [0.29, 0.717) is 12.5 Å². The van der Waals surface area contributed by atoms with E-state index in [9.17, 15) is 13.2 Å². The zero-order chi connectivity index (χ0) is 15.4. The molecule has 0 amide bonds. The maximum absolute atomic E-state index is 13.6. The SMILES string of the molecule is COc1ccc(CC(C)Nc2cc(F)cc(F)c2F)cc1. The van der Waals surface area contributed by atoms with Crippen LogP contribution in [0.3, 0.4) is 0 Å². The Morgan fingerprint density at radius 1 is 1.10 bits per heavy atom. The summed E-state index contributed by atoms with van der Waals surface area (Å²) in [6.45, 7) is 1.81. The van der Waals surface area contributed by atoms with Gasteiger partial charge in [0.15, 0.2) is 11.6 Å². The molecule has 0 aromatic heterocycles. The molecule has 0 heterocycles. The van der Waals surface area contributed by atoms with Crippen molar-refractivity contribution in [3.05, 3.63) is 59.4 Å². The number of methoxy groups -OCH3 is 1. The summed E-state index contributed by atoms with van der Waals surface area (Å²) in [4.78, 5) is 0. The third kappa shape index (κ3) is 3.90. The van der Waals surface area contributed by atoms with E-state index in [1.807, 2.05) is 31.2 Å². The molecule has 0 aliphatic carbocycles. The van der Waals surface area contributed by atoms with Crippen LogP contribution in [0.2, 0.25) is 0 Å². The Balaban J connectivity index is 2.05. The molecule has 2 aromatic rings. The Labute approximate surface area is 121 Å². The average Bonchev–Trinajstić information content (AvgIpc) is 2.45. The number of rotatable bonds is 5. The Hall–Kier alpha value is -2.17. The van der Waals surface area contributed by atoms with Gasteiger partial charge in [0.25, 0.3) is 0 Å². The average molecular weight is 295 g/mol. The van der Waals surface area contributed by atoms with E-state index in [2.05, 4.69) is 5.32 Å². The van der Waals surface area contributed by atoms with E-state index in [-0.39, 0.29) is 11.7 Å². The maximum Gasteiger partial charge on any atom is 0.182 e. The van der Waals surface area contributed by atoms with Crippen molar-refractivity contribution in [2.45, 2.75) is 19.4 Å². The summed E-state index contributed by atoms with van der Waals surface area (Å²) in [5.41, 5.74) is 0.835. The third-order valence-electron chi connectivity index (χ3n) is 3.10. The molecular weight excluding hydrogens is 279 g/mol. The Morgan fingerprint density at radius 3 is 2.38 bits per heavy atom. The van der Waals surface area contributed by atoms with E-state index in [1.165, 1.54) is 0 Å². The molecule has 21 heavy (non-hydrogen) atoms. The summed E-state index contributed by atoms with van der Waals surface area (Å²) in [6, 6.07) is 8.71. The molecule has 0 saturated carbocycles. The smallest absolute Gasteiger partial charge is 0.182 e. The minimum Gasteiger partial charge on any atom is -0.497 e. The maximum atomic E-state index is 13.6. The zero-order valence-corrected chi connectivity index (χ0v) is 11.8. The fraction of sp³-hybridized carbons (Fsp3) is 0.250. The van der Waals surface area contributed by atoms with Crippen molar-refractivity contribution in [3.8, 4) is 5.75 Å². The van der Waals surface area contributed by atoms with E-state index < -0.39 is 17.5 Å². The Morgan fingerprint density at radius 2 is 1.76 bits per heavy atom. The number of halogens is 3. The van der Waals surface area contributed by atoms with Crippen molar-refractivity contribution in [1.82, 2.24) is 0 Å². The number of anilines is 1. The largest absolute Gasteiger partial charge is 0.497 e. The summed E-state index contributed by atoms with van der Waals surface area (Å²) in [5, 5.41) is 2.78. The molecule has 1 unspecified atom stereocenters. The predicted molar refractivity (Wildman–Crippen MR) is 76.1 cm³/mol. The first-order valence-corrected chi connectivity index (χ1v) is 6.53. The number of hydrogen-bond donors (Lipinski definition) is 1. The van der Waals surface area contributed by atoms with Gasteiger partial charge in [-0.3, -0.25) is 0 Å². The molecule has 0 radical (unpaired) electrons. The van der Waals surface area contributed by atoms with Crippen LogP contribution in [-0.4, -0.2) is 13.2 Å². The summed E-state index contributed by atoms with van der Waals surface area (Å²) in [5.74, 6) is -2.34. The van der Waals surface area contributed by atoms with Gasteiger partial charge in [0.1, 0.15) is 11.6 Å². The van der Waals surface area contributed by atoms with Crippen molar-refractivity contribution in [1.29, 1.82) is 0 Å². The molecule has 0 bridgehead atoms. The lowest BCUT2D eigenvalue weighted by molar-refractivity contribution is 0.414. The number of ether oxygens (including phenoxy) is 1. The lowest BCUT2D eigenvalue weighted by atomic mass is 10.1. The first-order chi connectivity index (χ1) is 9.99. The number of benzene rings is 2.